The molecular weight excluding hydrogens is 216 g/mol. The van der Waals surface area contributed by atoms with Crippen molar-refractivity contribution in [3.8, 4) is 0 Å². The van der Waals surface area contributed by atoms with Crippen LogP contribution in [-0.2, 0) is 6.54 Å². The lowest BCUT2D eigenvalue weighted by molar-refractivity contribution is 0.512. The minimum Gasteiger partial charge on any atom is -0.316 e. The second kappa shape index (κ2) is 6.28. The van der Waals surface area contributed by atoms with Crippen molar-refractivity contribution in [2.75, 3.05) is 25.9 Å². The standard InChI is InChI=1S/C13H20N2S/c1-16-13-4-2-11(3-5-13)8-15-10-12-6-7-14-9-12/h2-5,12,14-15H,6-10H2,1H3. The summed E-state index contributed by atoms with van der Waals surface area (Å²) in [5.41, 5.74) is 1.38. The largest absolute Gasteiger partial charge is 0.316 e. The maximum absolute atomic E-state index is 3.53. The van der Waals surface area contributed by atoms with Crippen LogP contribution in [0.2, 0.25) is 0 Å². The lowest BCUT2D eigenvalue weighted by Gasteiger charge is -2.10. The van der Waals surface area contributed by atoms with Crippen molar-refractivity contribution >= 4 is 11.8 Å². The summed E-state index contributed by atoms with van der Waals surface area (Å²) < 4.78 is 0. The number of nitrogens with one attached hydrogen (secondary N) is 2. The van der Waals surface area contributed by atoms with Crippen LogP contribution in [0.1, 0.15) is 12.0 Å². The zero-order valence-corrected chi connectivity index (χ0v) is 10.6. The number of hydrogen-bond acceptors (Lipinski definition) is 3. The fraction of sp³-hybridized carbons (Fsp3) is 0.538. The summed E-state index contributed by atoms with van der Waals surface area (Å²) in [5, 5.41) is 6.93. The van der Waals surface area contributed by atoms with Gasteiger partial charge in [0.1, 0.15) is 0 Å². The van der Waals surface area contributed by atoms with E-state index in [4.69, 9.17) is 0 Å². The van der Waals surface area contributed by atoms with Gasteiger partial charge in [-0.1, -0.05) is 12.1 Å². The predicted molar refractivity (Wildman–Crippen MR) is 70.9 cm³/mol. The van der Waals surface area contributed by atoms with E-state index in [0.29, 0.717) is 0 Å². The van der Waals surface area contributed by atoms with Gasteiger partial charge in [0, 0.05) is 11.4 Å². The minimum atomic E-state index is 0.825. The molecule has 88 valence electrons. The molecule has 3 heteroatoms. The molecule has 0 saturated carbocycles. The molecule has 1 heterocycles. The van der Waals surface area contributed by atoms with Crippen LogP contribution in [-0.4, -0.2) is 25.9 Å². The molecular formula is C13H20N2S. The zero-order valence-electron chi connectivity index (χ0n) is 9.83. The van der Waals surface area contributed by atoms with Gasteiger partial charge in [0.2, 0.25) is 0 Å². The molecule has 2 N–H and O–H groups in total. The number of rotatable bonds is 5. The minimum absolute atomic E-state index is 0.825. The Labute approximate surface area is 102 Å². The average Bonchev–Trinajstić information content (AvgIpc) is 2.83. The second-order valence-electron chi connectivity index (χ2n) is 4.34. The van der Waals surface area contributed by atoms with E-state index in [9.17, 15) is 0 Å². The van der Waals surface area contributed by atoms with Crippen LogP contribution in [0.15, 0.2) is 29.2 Å². The summed E-state index contributed by atoms with van der Waals surface area (Å²) in [5.74, 6) is 0.825. The maximum atomic E-state index is 3.53. The number of benzene rings is 1. The van der Waals surface area contributed by atoms with Gasteiger partial charge in [-0.3, -0.25) is 0 Å². The molecule has 0 radical (unpaired) electrons. The normalized spacial score (nSPS) is 20.2. The first-order valence-corrected chi connectivity index (χ1v) is 7.15. The Bertz CT molecular complexity index is 304. The third-order valence-corrected chi connectivity index (χ3v) is 3.83. The molecule has 0 aromatic heterocycles. The van der Waals surface area contributed by atoms with Crippen molar-refractivity contribution < 1.29 is 0 Å². The number of hydrogen-bond donors (Lipinski definition) is 2. The Morgan fingerprint density at radius 1 is 1.38 bits per heavy atom. The van der Waals surface area contributed by atoms with Crippen molar-refractivity contribution in [1.29, 1.82) is 0 Å². The van der Waals surface area contributed by atoms with E-state index in [1.54, 1.807) is 11.8 Å². The molecule has 1 saturated heterocycles. The van der Waals surface area contributed by atoms with Gasteiger partial charge in [0.05, 0.1) is 0 Å². The SMILES string of the molecule is CSc1ccc(CNCC2CCNC2)cc1. The summed E-state index contributed by atoms with van der Waals surface area (Å²) >= 11 is 1.79. The third kappa shape index (κ3) is 3.51. The van der Waals surface area contributed by atoms with Crippen molar-refractivity contribution in [2.24, 2.45) is 5.92 Å². The van der Waals surface area contributed by atoms with E-state index < -0.39 is 0 Å². The molecule has 16 heavy (non-hydrogen) atoms. The predicted octanol–water partition coefficient (Wildman–Crippen LogP) is 2.11. The van der Waals surface area contributed by atoms with Gasteiger partial charge in [-0.05, 0) is 55.9 Å². The molecule has 0 bridgehead atoms. The van der Waals surface area contributed by atoms with Crippen LogP contribution in [0.4, 0.5) is 0 Å². The van der Waals surface area contributed by atoms with E-state index >= 15 is 0 Å². The smallest absolute Gasteiger partial charge is 0.0205 e. The highest BCUT2D eigenvalue weighted by Crippen LogP contribution is 2.14. The first-order chi connectivity index (χ1) is 7.88. The summed E-state index contributed by atoms with van der Waals surface area (Å²) in [6, 6.07) is 8.81. The van der Waals surface area contributed by atoms with E-state index in [0.717, 1.165) is 19.0 Å². The topological polar surface area (TPSA) is 24.1 Å². The van der Waals surface area contributed by atoms with Gasteiger partial charge >= 0.3 is 0 Å². The monoisotopic (exact) mass is 236 g/mol. The van der Waals surface area contributed by atoms with Crippen LogP contribution < -0.4 is 10.6 Å². The second-order valence-corrected chi connectivity index (χ2v) is 5.22. The Morgan fingerprint density at radius 3 is 2.81 bits per heavy atom. The summed E-state index contributed by atoms with van der Waals surface area (Å²) in [6.07, 6.45) is 3.43. The van der Waals surface area contributed by atoms with Crippen LogP contribution in [0.25, 0.3) is 0 Å². The van der Waals surface area contributed by atoms with Crippen molar-refractivity contribution in [1.82, 2.24) is 10.6 Å². The lowest BCUT2D eigenvalue weighted by atomic mass is 10.1. The summed E-state index contributed by atoms with van der Waals surface area (Å²) in [7, 11) is 0. The lowest BCUT2D eigenvalue weighted by Crippen LogP contribution is -2.23. The van der Waals surface area contributed by atoms with Gasteiger partial charge in [-0.15, -0.1) is 11.8 Å². The van der Waals surface area contributed by atoms with Gasteiger partial charge in [0.25, 0.3) is 0 Å². The fourth-order valence-corrected chi connectivity index (χ4v) is 2.46. The van der Waals surface area contributed by atoms with Crippen LogP contribution in [0, 0.1) is 5.92 Å². The molecule has 0 amide bonds. The summed E-state index contributed by atoms with van der Waals surface area (Å²) in [4.78, 5) is 1.34. The fourth-order valence-electron chi connectivity index (χ4n) is 2.05. The molecule has 2 rings (SSSR count). The molecule has 1 unspecified atom stereocenters. The molecule has 0 spiro atoms. The van der Waals surface area contributed by atoms with E-state index in [2.05, 4.69) is 41.2 Å². The van der Waals surface area contributed by atoms with Crippen LogP contribution >= 0.6 is 11.8 Å². The van der Waals surface area contributed by atoms with Gasteiger partial charge in [-0.25, -0.2) is 0 Å². The molecule has 1 atom stereocenters. The Balaban J connectivity index is 1.71. The van der Waals surface area contributed by atoms with Crippen molar-refractivity contribution in [3.05, 3.63) is 29.8 Å². The summed E-state index contributed by atoms with van der Waals surface area (Å²) in [6.45, 7) is 4.50. The molecule has 2 nitrogen and oxygen atoms in total. The van der Waals surface area contributed by atoms with Gasteiger partial charge in [0.15, 0.2) is 0 Å². The Kier molecular flexibility index (Phi) is 4.69. The van der Waals surface area contributed by atoms with E-state index in [1.165, 1.54) is 30.0 Å². The maximum Gasteiger partial charge on any atom is 0.0205 e. The molecule has 1 fully saturated rings. The third-order valence-electron chi connectivity index (χ3n) is 3.08. The highest BCUT2D eigenvalue weighted by Gasteiger charge is 2.13. The highest BCUT2D eigenvalue weighted by atomic mass is 32.2. The van der Waals surface area contributed by atoms with Crippen molar-refractivity contribution in [3.63, 3.8) is 0 Å². The number of thioether (sulfide) groups is 1. The van der Waals surface area contributed by atoms with Crippen LogP contribution in [0.5, 0.6) is 0 Å². The Hall–Kier alpha value is -0.510. The molecule has 1 aromatic carbocycles. The Morgan fingerprint density at radius 2 is 2.19 bits per heavy atom. The van der Waals surface area contributed by atoms with Gasteiger partial charge < -0.3 is 10.6 Å². The van der Waals surface area contributed by atoms with E-state index in [1.807, 2.05) is 0 Å². The average molecular weight is 236 g/mol. The van der Waals surface area contributed by atoms with E-state index in [-0.39, 0.29) is 0 Å². The quantitative estimate of drug-likeness (QED) is 0.766. The molecule has 1 aliphatic heterocycles. The van der Waals surface area contributed by atoms with Crippen molar-refractivity contribution in [2.45, 2.75) is 17.9 Å². The molecule has 0 aliphatic carbocycles. The highest BCUT2D eigenvalue weighted by molar-refractivity contribution is 7.98. The van der Waals surface area contributed by atoms with Gasteiger partial charge in [-0.2, -0.15) is 0 Å². The zero-order chi connectivity index (χ0) is 11.2. The first-order valence-electron chi connectivity index (χ1n) is 5.93. The molecule has 1 aromatic rings. The van der Waals surface area contributed by atoms with Crippen LogP contribution in [0.3, 0.4) is 0 Å². The first kappa shape index (κ1) is 12.0. The molecule has 1 aliphatic rings.